The van der Waals surface area contributed by atoms with Crippen LogP contribution in [0.3, 0.4) is 0 Å². The third-order valence-corrected chi connectivity index (χ3v) is 5.05. The van der Waals surface area contributed by atoms with Gasteiger partial charge < -0.3 is 9.88 Å². The molecule has 0 spiro atoms. The minimum Gasteiger partial charge on any atom is -0.316 e. The molecule has 0 radical (unpaired) electrons. The number of sulfone groups is 1. The predicted molar refractivity (Wildman–Crippen MR) is 81.5 cm³/mol. The molecule has 6 heteroatoms. The lowest BCUT2D eigenvalue weighted by molar-refractivity contribution is 0.451. The molecule has 2 heterocycles. The van der Waals surface area contributed by atoms with E-state index in [4.69, 9.17) is 0 Å². The molecular formula is C15H19N3O2S. The van der Waals surface area contributed by atoms with E-state index in [1.54, 1.807) is 18.5 Å². The van der Waals surface area contributed by atoms with Gasteiger partial charge in [0.15, 0.2) is 9.84 Å². The topological polar surface area (TPSA) is 64.0 Å². The van der Waals surface area contributed by atoms with Gasteiger partial charge in [0.05, 0.1) is 11.2 Å². The molecule has 1 atom stereocenters. The van der Waals surface area contributed by atoms with Crippen LogP contribution in [0, 0.1) is 0 Å². The highest BCUT2D eigenvalue weighted by Crippen LogP contribution is 2.25. The zero-order valence-electron chi connectivity index (χ0n) is 12.0. The first-order valence-electron chi connectivity index (χ1n) is 7.09. The number of aromatic nitrogens is 2. The van der Waals surface area contributed by atoms with Crippen molar-refractivity contribution in [3.05, 3.63) is 42.5 Å². The van der Waals surface area contributed by atoms with Crippen molar-refractivity contribution >= 4 is 9.84 Å². The summed E-state index contributed by atoms with van der Waals surface area (Å²) in [7, 11) is -3.15. The molecule has 1 unspecified atom stereocenters. The Labute approximate surface area is 124 Å². The molecule has 2 aromatic rings. The van der Waals surface area contributed by atoms with Gasteiger partial charge in [-0.05, 0) is 43.7 Å². The molecular weight excluding hydrogens is 286 g/mol. The van der Waals surface area contributed by atoms with E-state index in [1.807, 2.05) is 22.9 Å². The number of piperidine rings is 1. The smallest absolute Gasteiger partial charge is 0.175 e. The molecule has 21 heavy (non-hydrogen) atoms. The normalized spacial score (nSPS) is 19.6. The molecule has 1 aliphatic rings. The lowest BCUT2D eigenvalue weighted by Crippen LogP contribution is -2.29. The van der Waals surface area contributed by atoms with Gasteiger partial charge in [0.25, 0.3) is 0 Å². The highest BCUT2D eigenvalue weighted by Gasteiger charge is 2.19. The molecule has 1 aromatic heterocycles. The highest BCUT2D eigenvalue weighted by atomic mass is 32.2. The van der Waals surface area contributed by atoms with E-state index in [-0.39, 0.29) is 0 Å². The van der Waals surface area contributed by atoms with E-state index >= 15 is 0 Å². The van der Waals surface area contributed by atoms with Gasteiger partial charge in [-0.1, -0.05) is 0 Å². The van der Waals surface area contributed by atoms with Crippen LogP contribution < -0.4 is 5.32 Å². The number of hydrogen-bond donors (Lipinski definition) is 1. The summed E-state index contributed by atoms with van der Waals surface area (Å²) in [5, 5.41) is 3.41. The Morgan fingerprint density at radius 2 is 2.05 bits per heavy atom. The Kier molecular flexibility index (Phi) is 3.82. The number of hydrogen-bond acceptors (Lipinski definition) is 4. The summed E-state index contributed by atoms with van der Waals surface area (Å²) in [6.07, 6.45) is 7.24. The largest absolute Gasteiger partial charge is 0.316 e. The van der Waals surface area contributed by atoms with Gasteiger partial charge in [0, 0.05) is 36.3 Å². The molecule has 5 nitrogen and oxygen atoms in total. The molecule has 1 fully saturated rings. The fraction of sp³-hybridized carbons (Fsp3) is 0.400. The maximum atomic E-state index is 11.5. The van der Waals surface area contributed by atoms with Crippen molar-refractivity contribution < 1.29 is 8.42 Å². The van der Waals surface area contributed by atoms with Gasteiger partial charge in [-0.2, -0.15) is 0 Å². The van der Waals surface area contributed by atoms with E-state index < -0.39 is 9.84 Å². The molecule has 112 valence electrons. The zero-order valence-corrected chi connectivity index (χ0v) is 12.8. The summed E-state index contributed by atoms with van der Waals surface area (Å²) in [4.78, 5) is 4.60. The van der Waals surface area contributed by atoms with Crippen molar-refractivity contribution in [2.24, 2.45) is 0 Å². The van der Waals surface area contributed by atoms with Crippen molar-refractivity contribution in [3.8, 4) is 5.69 Å². The second kappa shape index (κ2) is 5.61. The fourth-order valence-corrected chi connectivity index (χ4v) is 3.41. The second-order valence-corrected chi connectivity index (χ2v) is 7.51. The summed E-state index contributed by atoms with van der Waals surface area (Å²) >= 11 is 0. The monoisotopic (exact) mass is 305 g/mol. The summed E-state index contributed by atoms with van der Waals surface area (Å²) in [5.74, 6) is 0.454. The minimum absolute atomic E-state index is 0.340. The van der Waals surface area contributed by atoms with Crippen molar-refractivity contribution in [3.63, 3.8) is 0 Å². The van der Waals surface area contributed by atoms with Crippen LogP contribution in [0.4, 0.5) is 0 Å². The molecule has 0 amide bonds. The number of rotatable bonds is 3. The van der Waals surface area contributed by atoms with E-state index in [0.29, 0.717) is 10.8 Å². The van der Waals surface area contributed by atoms with Gasteiger partial charge in [0.2, 0.25) is 0 Å². The predicted octanol–water partition coefficient (Wildman–Crippen LogP) is 1.74. The second-order valence-electron chi connectivity index (χ2n) is 5.50. The fourth-order valence-electron chi connectivity index (χ4n) is 2.78. The van der Waals surface area contributed by atoms with Crippen molar-refractivity contribution in [2.75, 3.05) is 19.3 Å². The van der Waals surface area contributed by atoms with Crippen LogP contribution >= 0.6 is 0 Å². The van der Waals surface area contributed by atoms with E-state index in [2.05, 4.69) is 10.3 Å². The summed E-state index contributed by atoms with van der Waals surface area (Å²) in [6, 6.07) is 6.96. The van der Waals surface area contributed by atoms with Crippen molar-refractivity contribution in [1.82, 2.24) is 14.9 Å². The van der Waals surface area contributed by atoms with Gasteiger partial charge in [-0.15, -0.1) is 0 Å². The first-order valence-corrected chi connectivity index (χ1v) is 8.98. The van der Waals surface area contributed by atoms with Gasteiger partial charge >= 0.3 is 0 Å². The standard InChI is InChI=1S/C15H19N3O2S/c1-21(19,20)14-6-4-13(5-7-14)18-11-17-10-15(18)12-3-2-8-16-9-12/h4-7,10-12,16H,2-3,8-9H2,1H3. The molecule has 1 aliphatic heterocycles. The molecule has 1 N–H and O–H groups in total. The van der Waals surface area contributed by atoms with Crippen LogP contribution in [0.25, 0.3) is 5.69 Å². The zero-order chi connectivity index (χ0) is 14.9. The maximum Gasteiger partial charge on any atom is 0.175 e. The first kappa shape index (κ1) is 14.3. The molecule has 1 saturated heterocycles. The number of nitrogens with zero attached hydrogens (tertiary/aromatic N) is 2. The van der Waals surface area contributed by atoms with Crippen LogP contribution in [0.1, 0.15) is 24.5 Å². The van der Waals surface area contributed by atoms with Gasteiger partial charge in [-0.3, -0.25) is 0 Å². The Hall–Kier alpha value is -1.66. The third kappa shape index (κ3) is 3.01. The van der Waals surface area contributed by atoms with Crippen molar-refractivity contribution in [2.45, 2.75) is 23.7 Å². The van der Waals surface area contributed by atoms with E-state index in [0.717, 1.165) is 25.2 Å². The lowest BCUT2D eigenvalue weighted by Gasteiger charge is -2.23. The maximum absolute atomic E-state index is 11.5. The van der Waals surface area contributed by atoms with Crippen LogP contribution in [0.15, 0.2) is 41.7 Å². The Morgan fingerprint density at radius 3 is 2.67 bits per heavy atom. The molecule has 0 bridgehead atoms. The van der Waals surface area contributed by atoms with Crippen LogP contribution in [-0.4, -0.2) is 37.3 Å². The average molecular weight is 305 g/mol. The number of benzene rings is 1. The van der Waals surface area contributed by atoms with E-state index in [9.17, 15) is 8.42 Å². The summed E-state index contributed by atoms with van der Waals surface area (Å²) in [6.45, 7) is 2.04. The SMILES string of the molecule is CS(=O)(=O)c1ccc(-n2cncc2C2CCCNC2)cc1. The minimum atomic E-state index is -3.15. The third-order valence-electron chi connectivity index (χ3n) is 3.93. The summed E-state index contributed by atoms with van der Waals surface area (Å²) in [5.41, 5.74) is 2.12. The van der Waals surface area contributed by atoms with Crippen LogP contribution in [0.2, 0.25) is 0 Å². The molecule has 3 rings (SSSR count). The Balaban J connectivity index is 1.92. The first-order chi connectivity index (χ1) is 10.1. The Morgan fingerprint density at radius 1 is 1.29 bits per heavy atom. The van der Waals surface area contributed by atoms with E-state index in [1.165, 1.54) is 18.4 Å². The highest BCUT2D eigenvalue weighted by molar-refractivity contribution is 7.90. The quantitative estimate of drug-likeness (QED) is 0.938. The summed E-state index contributed by atoms with van der Waals surface area (Å²) < 4.78 is 25.1. The lowest BCUT2D eigenvalue weighted by atomic mass is 9.96. The van der Waals surface area contributed by atoms with Crippen LogP contribution in [-0.2, 0) is 9.84 Å². The average Bonchev–Trinajstić information content (AvgIpc) is 2.97. The number of nitrogens with one attached hydrogen (secondary N) is 1. The van der Waals surface area contributed by atoms with Crippen LogP contribution in [0.5, 0.6) is 0 Å². The Bertz CT molecular complexity index is 714. The molecule has 0 aliphatic carbocycles. The molecule has 1 aromatic carbocycles. The van der Waals surface area contributed by atoms with Crippen molar-refractivity contribution in [1.29, 1.82) is 0 Å². The van der Waals surface area contributed by atoms with Gasteiger partial charge in [-0.25, -0.2) is 13.4 Å². The molecule has 0 saturated carbocycles. The van der Waals surface area contributed by atoms with Gasteiger partial charge in [0.1, 0.15) is 0 Å². The number of imidazole rings is 1.